The predicted octanol–water partition coefficient (Wildman–Crippen LogP) is 2.06. The third-order valence-electron chi connectivity index (χ3n) is 3.40. The quantitative estimate of drug-likeness (QED) is 0.804. The lowest BCUT2D eigenvalue weighted by molar-refractivity contribution is -0.114. The van der Waals surface area contributed by atoms with E-state index in [1.165, 1.54) is 4.90 Å². The Kier molecular flexibility index (Phi) is 3.29. The van der Waals surface area contributed by atoms with Gasteiger partial charge in [0.1, 0.15) is 6.54 Å². The lowest BCUT2D eigenvalue weighted by atomic mass is 10.1. The number of rotatable bonds is 4. The molecule has 6 heteroatoms. The highest BCUT2D eigenvalue weighted by Gasteiger charge is 2.36. The minimum Gasteiger partial charge on any atom is -0.337 e. The van der Waals surface area contributed by atoms with Crippen LogP contribution in [-0.2, 0) is 17.8 Å². The Bertz CT molecular complexity index is 721. The van der Waals surface area contributed by atoms with Crippen LogP contribution in [0.15, 0.2) is 22.7 Å². The van der Waals surface area contributed by atoms with Crippen molar-refractivity contribution in [1.29, 1.82) is 0 Å². The van der Waals surface area contributed by atoms with Crippen LogP contribution in [0, 0.1) is 6.92 Å². The first-order valence-electron chi connectivity index (χ1n) is 6.88. The third-order valence-corrected chi connectivity index (χ3v) is 3.40. The van der Waals surface area contributed by atoms with Crippen molar-refractivity contribution in [2.24, 2.45) is 0 Å². The molecular weight excluding hydrogens is 270 g/mol. The number of Topliss-reactive ketones (excluding diaryl/α,β-unsaturated/α-hetero) is 1. The summed E-state index contributed by atoms with van der Waals surface area (Å²) in [4.78, 5) is 29.7. The van der Waals surface area contributed by atoms with Crippen molar-refractivity contribution in [3.63, 3.8) is 0 Å². The van der Waals surface area contributed by atoms with Crippen molar-refractivity contribution in [2.45, 2.75) is 33.2 Å². The first-order chi connectivity index (χ1) is 10.1. The summed E-state index contributed by atoms with van der Waals surface area (Å²) < 4.78 is 5.14. The molecule has 0 saturated carbocycles. The number of nitrogens with zero attached hydrogens (tertiary/aromatic N) is 3. The van der Waals surface area contributed by atoms with E-state index < -0.39 is 11.7 Å². The van der Waals surface area contributed by atoms with E-state index >= 15 is 0 Å². The van der Waals surface area contributed by atoms with Gasteiger partial charge in [0.25, 0.3) is 11.7 Å². The molecule has 0 spiro atoms. The maximum Gasteiger partial charge on any atom is 0.299 e. The van der Waals surface area contributed by atoms with Gasteiger partial charge in [-0.25, -0.2) is 0 Å². The minimum absolute atomic E-state index is 0.122. The lowest BCUT2D eigenvalue weighted by Gasteiger charge is -2.13. The smallest absolute Gasteiger partial charge is 0.299 e. The molecule has 6 nitrogen and oxygen atoms in total. The van der Waals surface area contributed by atoms with Crippen LogP contribution >= 0.6 is 0 Å². The number of fused-ring (bicyclic) bond motifs is 1. The van der Waals surface area contributed by atoms with Crippen LogP contribution in [0.1, 0.15) is 41.0 Å². The van der Waals surface area contributed by atoms with Gasteiger partial charge >= 0.3 is 0 Å². The average Bonchev–Trinajstić information content (AvgIpc) is 2.99. The largest absolute Gasteiger partial charge is 0.337 e. The molecule has 108 valence electrons. The lowest BCUT2D eigenvalue weighted by Crippen LogP contribution is -2.29. The molecule has 0 bridgehead atoms. The van der Waals surface area contributed by atoms with Gasteiger partial charge in [0, 0.05) is 6.42 Å². The average molecular weight is 285 g/mol. The Morgan fingerprint density at radius 2 is 2.10 bits per heavy atom. The van der Waals surface area contributed by atoms with Crippen molar-refractivity contribution in [1.82, 2.24) is 10.1 Å². The van der Waals surface area contributed by atoms with Crippen LogP contribution in [0.2, 0.25) is 0 Å². The molecule has 0 aliphatic carbocycles. The standard InChI is InChI=1S/C15H15N3O3/c1-3-4-12-16-13(21-17-12)8-18-11-6-5-9(2)7-10(11)14(19)15(18)20/h5-7H,3-4,8H2,1-2H3. The minimum atomic E-state index is -0.550. The van der Waals surface area contributed by atoms with Gasteiger partial charge < -0.3 is 4.52 Å². The molecule has 0 radical (unpaired) electrons. The van der Waals surface area contributed by atoms with Crippen molar-refractivity contribution >= 4 is 17.4 Å². The zero-order chi connectivity index (χ0) is 15.0. The molecule has 2 heterocycles. The summed E-state index contributed by atoms with van der Waals surface area (Å²) in [6.07, 6.45) is 1.65. The second kappa shape index (κ2) is 5.12. The normalized spacial score (nSPS) is 13.9. The van der Waals surface area contributed by atoms with Crippen LogP contribution in [0.4, 0.5) is 5.69 Å². The Labute approximate surface area is 121 Å². The fourth-order valence-electron chi connectivity index (χ4n) is 2.39. The van der Waals surface area contributed by atoms with Crippen molar-refractivity contribution < 1.29 is 14.1 Å². The van der Waals surface area contributed by atoms with E-state index in [0.29, 0.717) is 23.0 Å². The summed E-state index contributed by atoms with van der Waals surface area (Å²) in [5.74, 6) is -0.0736. The Morgan fingerprint density at radius 3 is 2.86 bits per heavy atom. The number of carbonyl (C=O) groups excluding carboxylic acids is 2. The second-order valence-corrected chi connectivity index (χ2v) is 5.10. The number of hydrogen-bond acceptors (Lipinski definition) is 5. The molecular formula is C15H15N3O3. The molecule has 0 fully saturated rings. The molecule has 0 N–H and O–H groups in total. The number of aromatic nitrogens is 2. The molecule has 1 aromatic carbocycles. The fourth-order valence-corrected chi connectivity index (χ4v) is 2.39. The number of ketones is 1. The topological polar surface area (TPSA) is 76.3 Å². The van der Waals surface area contributed by atoms with Crippen molar-refractivity contribution in [3.05, 3.63) is 41.0 Å². The van der Waals surface area contributed by atoms with E-state index in [9.17, 15) is 9.59 Å². The maximum atomic E-state index is 12.1. The summed E-state index contributed by atoms with van der Waals surface area (Å²) in [7, 11) is 0. The second-order valence-electron chi connectivity index (χ2n) is 5.10. The summed E-state index contributed by atoms with van der Waals surface area (Å²) >= 11 is 0. The number of aryl methyl sites for hydroxylation is 2. The van der Waals surface area contributed by atoms with E-state index in [2.05, 4.69) is 10.1 Å². The van der Waals surface area contributed by atoms with Gasteiger partial charge in [-0.3, -0.25) is 14.5 Å². The molecule has 21 heavy (non-hydrogen) atoms. The first kappa shape index (κ1) is 13.5. The molecule has 3 rings (SSSR count). The summed E-state index contributed by atoms with van der Waals surface area (Å²) in [5.41, 5.74) is 1.99. The Morgan fingerprint density at radius 1 is 1.29 bits per heavy atom. The van der Waals surface area contributed by atoms with Crippen LogP contribution < -0.4 is 4.90 Å². The highest BCUT2D eigenvalue weighted by atomic mass is 16.5. The summed E-state index contributed by atoms with van der Waals surface area (Å²) in [5, 5.41) is 3.85. The molecule has 0 unspecified atom stereocenters. The van der Waals surface area contributed by atoms with Crippen molar-refractivity contribution in [3.8, 4) is 0 Å². The van der Waals surface area contributed by atoms with Crippen LogP contribution in [0.3, 0.4) is 0 Å². The van der Waals surface area contributed by atoms with E-state index in [4.69, 9.17) is 4.52 Å². The first-order valence-corrected chi connectivity index (χ1v) is 6.88. The van der Waals surface area contributed by atoms with Gasteiger partial charge in [-0.1, -0.05) is 23.7 Å². The highest BCUT2D eigenvalue weighted by Crippen LogP contribution is 2.30. The third kappa shape index (κ3) is 2.33. The predicted molar refractivity (Wildman–Crippen MR) is 75.0 cm³/mol. The van der Waals surface area contributed by atoms with E-state index in [-0.39, 0.29) is 6.54 Å². The fraction of sp³-hybridized carbons (Fsp3) is 0.333. The Balaban J connectivity index is 1.89. The van der Waals surface area contributed by atoms with Gasteiger partial charge in [-0.15, -0.1) is 0 Å². The number of anilines is 1. The van der Waals surface area contributed by atoms with Gasteiger partial charge in [-0.05, 0) is 25.5 Å². The molecule has 0 atom stereocenters. The monoisotopic (exact) mass is 285 g/mol. The molecule has 1 aromatic heterocycles. The van der Waals surface area contributed by atoms with E-state index in [1.807, 2.05) is 19.9 Å². The molecule has 1 amide bonds. The molecule has 1 aliphatic heterocycles. The van der Waals surface area contributed by atoms with Crippen molar-refractivity contribution in [2.75, 3.05) is 4.90 Å². The zero-order valence-electron chi connectivity index (χ0n) is 11.9. The number of hydrogen-bond donors (Lipinski definition) is 0. The van der Waals surface area contributed by atoms with Gasteiger partial charge in [0.05, 0.1) is 11.3 Å². The van der Waals surface area contributed by atoms with Gasteiger partial charge in [-0.2, -0.15) is 4.98 Å². The van der Waals surface area contributed by atoms with Crippen LogP contribution in [-0.4, -0.2) is 21.8 Å². The Hall–Kier alpha value is -2.50. The highest BCUT2D eigenvalue weighted by molar-refractivity contribution is 6.52. The van der Waals surface area contributed by atoms with Gasteiger partial charge in [0.2, 0.25) is 5.89 Å². The number of carbonyl (C=O) groups is 2. The van der Waals surface area contributed by atoms with E-state index in [0.717, 1.165) is 18.4 Å². The van der Waals surface area contributed by atoms with E-state index in [1.54, 1.807) is 12.1 Å². The number of amides is 1. The van der Waals surface area contributed by atoms with Crippen LogP contribution in [0.5, 0.6) is 0 Å². The SMILES string of the molecule is CCCc1noc(CN2C(=O)C(=O)c3cc(C)ccc32)n1. The summed E-state index contributed by atoms with van der Waals surface area (Å²) in [6, 6.07) is 5.37. The van der Waals surface area contributed by atoms with Crippen LogP contribution in [0.25, 0.3) is 0 Å². The van der Waals surface area contributed by atoms with Gasteiger partial charge in [0.15, 0.2) is 5.82 Å². The number of benzene rings is 1. The zero-order valence-corrected chi connectivity index (χ0v) is 11.9. The molecule has 0 saturated heterocycles. The summed E-state index contributed by atoms with van der Waals surface area (Å²) in [6.45, 7) is 4.03. The molecule has 1 aliphatic rings. The molecule has 2 aromatic rings. The maximum absolute atomic E-state index is 12.1.